The van der Waals surface area contributed by atoms with Crippen molar-refractivity contribution < 1.29 is 9.59 Å². The summed E-state index contributed by atoms with van der Waals surface area (Å²) in [6.45, 7) is 6.33. The monoisotopic (exact) mass is 307 g/mol. The molecule has 0 bridgehead atoms. The summed E-state index contributed by atoms with van der Waals surface area (Å²) in [7, 11) is 1.95. The number of rotatable bonds is 4. The van der Waals surface area contributed by atoms with Gasteiger partial charge in [0.25, 0.3) is 0 Å². The predicted octanol–water partition coefficient (Wildman–Crippen LogP) is -0.165. The van der Waals surface area contributed by atoms with Crippen molar-refractivity contribution in [2.75, 3.05) is 33.2 Å². The van der Waals surface area contributed by atoms with E-state index in [1.54, 1.807) is 4.90 Å². The number of primary amides is 1. The number of carbonyl (C=O) groups excluding carboxylic acids is 2. The molecular formula is C15H25N5O2. The second-order valence-electron chi connectivity index (χ2n) is 6.11. The van der Waals surface area contributed by atoms with Gasteiger partial charge in [0.1, 0.15) is 0 Å². The molecule has 122 valence electrons. The molecule has 1 saturated heterocycles. The van der Waals surface area contributed by atoms with Crippen molar-refractivity contribution in [1.82, 2.24) is 20.0 Å². The Hall–Kier alpha value is -1.89. The fourth-order valence-electron chi connectivity index (χ4n) is 2.91. The molecule has 7 heteroatoms. The lowest BCUT2D eigenvalue weighted by Crippen LogP contribution is -2.40. The molecule has 2 amide bonds. The molecule has 0 radical (unpaired) electrons. The molecule has 7 nitrogen and oxygen atoms in total. The summed E-state index contributed by atoms with van der Waals surface area (Å²) in [6, 6.07) is 0. The van der Waals surface area contributed by atoms with Gasteiger partial charge in [-0.3, -0.25) is 14.7 Å². The number of hydrogen-bond acceptors (Lipinski definition) is 4. The molecule has 0 aromatic carbocycles. The summed E-state index contributed by atoms with van der Waals surface area (Å²) in [4.78, 5) is 27.8. The van der Waals surface area contributed by atoms with Crippen LogP contribution in [0.3, 0.4) is 0 Å². The lowest BCUT2D eigenvalue weighted by atomic mass is 10.1. The van der Waals surface area contributed by atoms with Crippen LogP contribution in [0.2, 0.25) is 0 Å². The third kappa shape index (κ3) is 3.85. The summed E-state index contributed by atoms with van der Waals surface area (Å²) in [5.41, 5.74) is 8.49. The average Bonchev–Trinajstić information content (AvgIpc) is 2.66. The standard InChI is InChI=1S/C15H25N5O2/c1-10-13(11(2)18-17-10)4-5-14(21)20-7-6-19(3)8-12(9-20)15(16)22/h12H,4-9H2,1-3H3,(H2,16,22)(H,17,18)/t12-/m0/s1. The van der Waals surface area contributed by atoms with Gasteiger partial charge in [0.05, 0.1) is 11.6 Å². The molecule has 0 saturated carbocycles. The van der Waals surface area contributed by atoms with Crippen molar-refractivity contribution in [2.24, 2.45) is 11.7 Å². The van der Waals surface area contributed by atoms with E-state index in [1.165, 1.54) is 0 Å². The van der Waals surface area contributed by atoms with Gasteiger partial charge in [0.2, 0.25) is 11.8 Å². The number of nitrogens with one attached hydrogen (secondary N) is 1. The summed E-state index contributed by atoms with van der Waals surface area (Å²) in [6.07, 6.45) is 1.09. The zero-order chi connectivity index (χ0) is 16.3. The van der Waals surface area contributed by atoms with Crippen molar-refractivity contribution in [3.8, 4) is 0 Å². The Bertz CT molecular complexity index is 535. The molecule has 0 aliphatic carbocycles. The van der Waals surface area contributed by atoms with E-state index >= 15 is 0 Å². The maximum Gasteiger partial charge on any atom is 0.223 e. The van der Waals surface area contributed by atoms with Gasteiger partial charge in [-0.25, -0.2) is 0 Å². The van der Waals surface area contributed by atoms with Gasteiger partial charge < -0.3 is 15.5 Å². The minimum atomic E-state index is -0.340. The average molecular weight is 307 g/mol. The van der Waals surface area contributed by atoms with Crippen LogP contribution in [0.1, 0.15) is 23.4 Å². The number of nitrogens with two attached hydrogens (primary N) is 1. The molecule has 22 heavy (non-hydrogen) atoms. The van der Waals surface area contributed by atoms with Crippen LogP contribution in [0, 0.1) is 19.8 Å². The molecular weight excluding hydrogens is 282 g/mol. The molecule has 1 aromatic heterocycles. The molecule has 2 heterocycles. The van der Waals surface area contributed by atoms with Gasteiger partial charge in [0, 0.05) is 38.3 Å². The van der Waals surface area contributed by atoms with Crippen LogP contribution in [-0.2, 0) is 16.0 Å². The molecule has 2 rings (SSSR count). The zero-order valence-electron chi connectivity index (χ0n) is 13.6. The van der Waals surface area contributed by atoms with E-state index in [4.69, 9.17) is 5.73 Å². The van der Waals surface area contributed by atoms with E-state index in [9.17, 15) is 9.59 Å². The Morgan fingerprint density at radius 3 is 2.64 bits per heavy atom. The van der Waals surface area contributed by atoms with Gasteiger partial charge in [0.15, 0.2) is 0 Å². The normalized spacial score (nSPS) is 20.0. The number of H-pyrrole nitrogens is 1. The fraction of sp³-hybridized carbons (Fsp3) is 0.667. The molecule has 1 fully saturated rings. The fourth-order valence-corrected chi connectivity index (χ4v) is 2.91. The van der Waals surface area contributed by atoms with Crippen LogP contribution in [0.4, 0.5) is 0 Å². The third-order valence-corrected chi connectivity index (χ3v) is 4.35. The first-order chi connectivity index (χ1) is 10.4. The Balaban J connectivity index is 1.97. The number of aryl methyl sites for hydroxylation is 2. The first-order valence-electron chi connectivity index (χ1n) is 7.64. The molecule has 1 aromatic rings. The van der Waals surface area contributed by atoms with Crippen LogP contribution in [0.15, 0.2) is 0 Å². The summed E-state index contributed by atoms with van der Waals surface area (Å²) in [5.74, 6) is -0.566. The first kappa shape index (κ1) is 16.5. The highest BCUT2D eigenvalue weighted by molar-refractivity contribution is 5.80. The second-order valence-corrected chi connectivity index (χ2v) is 6.11. The SMILES string of the molecule is Cc1n[nH]c(C)c1CCC(=O)N1CCN(C)C[C@H](C(N)=O)C1. The first-order valence-corrected chi connectivity index (χ1v) is 7.64. The summed E-state index contributed by atoms with van der Waals surface area (Å²) >= 11 is 0. The number of likely N-dealkylation sites (N-methyl/N-ethyl adjacent to an activating group) is 1. The van der Waals surface area contributed by atoms with Gasteiger partial charge in [-0.15, -0.1) is 0 Å². The number of carbonyl (C=O) groups is 2. The molecule has 1 aliphatic rings. The topological polar surface area (TPSA) is 95.3 Å². The number of nitrogens with zero attached hydrogens (tertiary/aromatic N) is 3. The van der Waals surface area contributed by atoms with E-state index in [-0.39, 0.29) is 17.7 Å². The minimum Gasteiger partial charge on any atom is -0.369 e. The molecule has 0 spiro atoms. The molecule has 1 aliphatic heterocycles. The van der Waals surface area contributed by atoms with E-state index in [1.807, 2.05) is 25.8 Å². The minimum absolute atomic E-state index is 0.0709. The smallest absolute Gasteiger partial charge is 0.223 e. The van der Waals surface area contributed by atoms with E-state index < -0.39 is 0 Å². The lowest BCUT2D eigenvalue weighted by molar-refractivity contribution is -0.132. The van der Waals surface area contributed by atoms with Crippen molar-refractivity contribution in [1.29, 1.82) is 0 Å². The van der Waals surface area contributed by atoms with Gasteiger partial charge >= 0.3 is 0 Å². The summed E-state index contributed by atoms with van der Waals surface area (Å²) in [5, 5.41) is 7.08. The predicted molar refractivity (Wildman–Crippen MR) is 83.1 cm³/mol. The zero-order valence-corrected chi connectivity index (χ0v) is 13.6. The highest BCUT2D eigenvalue weighted by Gasteiger charge is 2.27. The third-order valence-electron chi connectivity index (χ3n) is 4.35. The van der Waals surface area contributed by atoms with Crippen molar-refractivity contribution in [3.63, 3.8) is 0 Å². The Kier molecular flexibility index (Phi) is 5.18. The Morgan fingerprint density at radius 1 is 1.32 bits per heavy atom. The quantitative estimate of drug-likeness (QED) is 0.807. The van der Waals surface area contributed by atoms with Gasteiger partial charge in [-0.1, -0.05) is 0 Å². The van der Waals surface area contributed by atoms with E-state index in [0.717, 1.165) is 23.5 Å². The van der Waals surface area contributed by atoms with E-state index in [2.05, 4.69) is 10.2 Å². The molecule has 0 unspecified atom stereocenters. The van der Waals surface area contributed by atoms with Gasteiger partial charge in [-0.05, 0) is 32.9 Å². The highest BCUT2D eigenvalue weighted by Crippen LogP contribution is 2.14. The lowest BCUT2D eigenvalue weighted by Gasteiger charge is -2.22. The number of amides is 2. The number of aromatic nitrogens is 2. The number of hydrogen-bond donors (Lipinski definition) is 2. The Labute approximate surface area is 130 Å². The van der Waals surface area contributed by atoms with E-state index in [0.29, 0.717) is 32.5 Å². The Morgan fingerprint density at radius 2 is 2.05 bits per heavy atom. The maximum absolute atomic E-state index is 12.5. The maximum atomic E-state index is 12.5. The number of aromatic amines is 1. The largest absolute Gasteiger partial charge is 0.369 e. The van der Waals surface area contributed by atoms with Crippen LogP contribution in [0.5, 0.6) is 0 Å². The van der Waals surface area contributed by atoms with Crippen LogP contribution < -0.4 is 5.73 Å². The van der Waals surface area contributed by atoms with Gasteiger partial charge in [-0.2, -0.15) is 5.10 Å². The van der Waals surface area contributed by atoms with Crippen molar-refractivity contribution >= 4 is 11.8 Å². The van der Waals surface area contributed by atoms with Crippen LogP contribution >= 0.6 is 0 Å². The second kappa shape index (κ2) is 6.91. The van der Waals surface area contributed by atoms with Crippen molar-refractivity contribution in [2.45, 2.75) is 26.7 Å². The summed E-state index contributed by atoms with van der Waals surface area (Å²) < 4.78 is 0. The highest BCUT2D eigenvalue weighted by atomic mass is 16.2. The van der Waals surface area contributed by atoms with Crippen LogP contribution in [0.25, 0.3) is 0 Å². The molecule has 1 atom stereocenters. The van der Waals surface area contributed by atoms with Crippen LogP contribution in [-0.4, -0.2) is 65.0 Å². The molecule has 3 N–H and O–H groups in total. The van der Waals surface area contributed by atoms with Crippen molar-refractivity contribution in [3.05, 3.63) is 17.0 Å².